The van der Waals surface area contributed by atoms with Gasteiger partial charge in [0.25, 0.3) is 0 Å². The summed E-state index contributed by atoms with van der Waals surface area (Å²) in [6.45, 7) is 4.60. The molecular weight excluding hydrogens is 224 g/mol. The van der Waals surface area contributed by atoms with Gasteiger partial charge < -0.3 is 9.47 Å². The van der Waals surface area contributed by atoms with Gasteiger partial charge in [-0.25, -0.2) is 0 Å². The summed E-state index contributed by atoms with van der Waals surface area (Å²) in [5.41, 5.74) is -0.545. The Bertz CT molecular complexity index is 145. The summed E-state index contributed by atoms with van der Waals surface area (Å²) in [4.78, 5) is 11.1. The monoisotopic (exact) mass is 238 g/mol. The van der Waals surface area contributed by atoms with Crippen molar-refractivity contribution in [3.05, 3.63) is 0 Å². The van der Waals surface area contributed by atoms with Crippen LogP contribution in [0.25, 0.3) is 0 Å². The minimum Gasteiger partial charge on any atom is -0.469 e. The first-order valence-corrected chi connectivity index (χ1v) is 4.89. The third kappa shape index (κ3) is 4.07. The van der Waals surface area contributed by atoms with E-state index in [4.69, 9.17) is 4.74 Å². The minimum atomic E-state index is -0.545. The molecule has 0 fully saturated rings. The molecule has 0 radical (unpaired) electrons. The number of carbonyl (C=O) groups excluding carboxylic acids is 1. The Morgan fingerprint density at radius 3 is 2.50 bits per heavy atom. The quantitative estimate of drug-likeness (QED) is 0.415. The van der Waals surface area contributed by atoms with Gasteiger partial charge in [-0.3, -0.25) is 4.79 Å². The molecule has 0 saturated heterocycles. The predicted molar refractivity (Wildman–Crippen MR) is 50.4 cm³/mol. The van der Waals surface area contributed by atoms with Crippen molar-refractivity contribution in [1.82, 2.24) is 0 Å². The summed E-state index contributed by atoms with van der Waals surface area (Å²) in [7, 11) is 1.38. The molecule has 0 aromatic heterocycles. The Morgan fingerprint density at radius 2 is 2.08 bits per heavy atom. The zero-order valence-corrected chi connectivity index (χ0v) is 9.31. The number of alkyl halides is 1. The molecule has 0 heterocycles. The SMILES string of the molecule is COC(=O)C(C)(C)COCCBr. The smallest absolute Gasteiger partial charge is 0.313 e. The molecule has 0 rings (SSSR count). The average molecular weight is 239 g/mol. The van der Waals surface area contributed by atoms with Crippen LogP contribution in [0, 0.1) is 5.41 Å². The van der Waals surface area contributed by atoms with Crippen molar-refractivity contribution >= 4 is 21.9 Å². The van der Waals surface area contributed by atoms with Crippen LogP contribution in [-0.2, 0) is 14.3 Å². The number of esters is 1. The maximum absolute atomic E-state index is 11.1. The maximum atomic E-state index is 11.1. The number of rotatable bonds is 5. The number of carbonyl (C=O) groups is 1. The third-order valence-electron chi connectivity index (χ3n) is 1.42. The Kier molecular flexibility index (Phi) is 5.50. The van der Waals surface area contributed by atoms with Gasteiger partial charge in [-0.15, -0.1) is 0 Å². The molecule has 0 N–H and O–H groups in total. The lowest BCUT2D eigenvalue weighted by atomic mass is 9.95. The first-order valence-electron chi connectivity index (χ1n) is 3.76. The molecule has 0 aromatic rings. The lowest BCUT2D eigenvalue weighted by Crippen LogP contribution is -2.31. The molecule has 12 heavy (non-hydrogen) atoms. The van der Waals surface area contributed by atoms with Gasteiger partial charge in [-0.1, -0.05) is 15.9 Å². The second kappa shape index (κ2) is 5.54. The van der Waals surface area contributed by atoms with E-state index in [1.165, 1.54) is 7.11 Å². The van der Waals surface area contributed by atoms with Gasteiger partial charge in [-0.2, -0.15) is 0 Å². The van der Waals surface area contributed by atoms with Crippen LogP contribution >= 0.6 is 15.9 Å². The van der Waals surface area contributed by atoms with E-state index in [1.807, 2.05) is 0 Å². The van der Waals surface area contributed by atoms with Crippen molar-refractivity contribution in [1.29, 1.82) is 0 Å². The van der Waals surface area contributed by atoms with Crippen molar-refractivity contribution in [2.45, 2.75) is 13.8 Å². The van der Waals surface area contributed by atoms with Gasteiger partial charge in [-0.05, 0) is 13.8 Å². The highest BCUT2D eigenvalue weighted by Crippen LogP contribution is 2.17. The molecule has 0 bridgehead atoms. The van der Waals surface area contributed by atoms with Crippen LogP contribution in [0.1, 0.15) is 13.8 Å². The van der Waals surface area contributed by atoms with Gasteiger partial charge in [0.05, 0.1) is 25.7 Å². The van der Waals surface area contributed by atoms with Crippen molar-refractivity contribution in [2.24, 2.45) is 5.41 Å². The highest BCUT2D eigenvalue weighted by Gasteiger charge is 2.28. The highest BCUT2D eigenvalue weighted by molar-refractivity contribution is 9.09. The van der Waals surface area contributed by atoms with Gasteiger partial charge in [0, 0.05) is 5.33 Å². The zero-order valence-electron chi connectivity index (χ0n) is 7.72. The number of methoxy groups -OCH3 is 1. The number of halogens is 1. The minimum absolute atomic E-state index is 0.239. The molecule has 3 nitrogen and oxygen atoms in total. The van der Waals surface area contributed by atoms with Crippen molar-refractivity contribution in [2.75, 3.05) is 25.7 Å². The molecule has 0 saturated carbocycles. The summed E-state index contributed by atoms with van der Waals surface area (Å²) in [5.74, 6) is -0.239. The normalized spacial score (nSPS) is 11.3. The fourth-order valence-corrected chi connectivity index (χ4v) is 0.946. The van der Waals surface area contributed by atoms with Crippen molar-refractivity contribution < 1.29 is 14.3 Å². The second-order valence-corrected chi connectivity index (χ2v) is 3.91. The molecule has 0 aliphatic heterocycles. The molecule has 4 heteroatoms. The molecule has 0 amide bonds. The van der Waals surface area contributed by atoms with Crippen LogP contribution < -0.4 is 0 Å². The van der Waals surface area contributed by atoms with Gasteiger partial charge in [0.15, 0.2) is 0 Å². The van der Waals surface area contributed by atoms with Gasteiger partial charge >= 0.3 is 5.97 Å². The molecule has 0 atom stereocenters. The number of ether oxygens (including phenoxy) is 2. The largest absolute Gasteiger partial charge is 0.469 e. The van der Waals surface area contributed by atoms with E-state index < -0.39 is 5.41 Å². The molecular formula is C8H15BrO3. The third-order valence-corrected chi connectivity index (χ3v) is 1.75. The van der Waals surface area contributed by atoms with E-state index in [1.54, 1.807) is 13.8 Å². The van der Waals surface area contributed by atoms with E-state index in [0.29, 0.717) is 13.2 Å². The fourth-order valence-electron chi connectivity index (χ4n) is 0.717. The summed E-state index contributed by atoms with van der Waals surface area (Å²) in [6.07, 6.45) is 0. The lowest BCUT2D eigenvalue weighted by molar-refractivity contribution is -0.154. The molecule has 0 unspecified atom stereocenters. The standard InChI is InChI=1S/C8H15BrO3/c1-8(2,7(10)11-3)6-12-5-4-9/h4-6H2,1-3H3. The summed E-state index contributed by atoms with van der Waals surface area (Å²) < 4.78 is 9.84. The molecule has 0 aliphatic rings. The number of hydrogen-bond donors (Lipinski definition) is 0. The highest BCUT2D eigenvalue weighted by atomic mass is 79.9. The second-order valence-electron chi connectivity index (χ2n) is 3.12. The van der Waals surface area contributed by atoms with E-state index in [2.05, 4.69) is 20.7 Å². The molecule has 0 aromatic carbocycles. The number of hydrogen-bond acceptors (Lipinski definition) is 3. The Balaban J connectivity index is 3.78. The van der Waals surface area contributed by atoms with Gasteiger partial charge in [0.2, 0.25) is 0 Å². The van der Waals surface area contributed by atoms with Crippen LogP contribution in [-0.4, -0.2) is 31.6 Å². The molecule has 72 valence electrons. The lowest BCUT2D eigenvalue weighted by Gasteiger charge is -2.20. The molecule has 0 spiro atoms. The topological polar surface area (TPSA) is 35.5 Å². The van der Waals surface area contributed by atoms with E-state index >= 15 is 0 Å². The van der Waals surface area contributed by atoms with Crippen LogP contribution in [0.2, 0.25) is 0 Å². The van der Waals surface area contributed by atoms with E-state index in [0.717, 1.165) is 5.33 Å². The summed E-state index contributed by atoms with van der Waals surface area (Å²) in [6, 6.07) is 0. The van der Waals surface area contributed by atoms with Gasteiger partial charge in [0.1, 0.15) is 0 Å². The van der Waals surface area contributed by atoms with Crippen molar-refractivity contribution in [3.8, 4) is 0 Å². The molecule has 0 aliphatic carbocycles. The van der Waals surface area contributed by atoms with E-state index in [-0.39, 0.29) is 5.97 Å². The zero-order chi connectivity index (χ0) is 9.61. The first-order chi connectivity index (χ1) is 5.54. The van der Waals surface area contributed by atoms with E-state index in [9.17, 15) is 4.79 Å². The Hall–Kier alpha value is -0.0900. The van der Waals surface area contributed by atoms with Crippen LogP contribution in [0.3, 0.4) is 0 Å². The average Bonchev–Trinajstić information content (AvgIpc) is 2.03. The first kappa shape index (κ1) is 11.9. The van der Waals surface area contributed by atoms with Crippen LogP contribution in [0.5, 0.6) is 0 Å². The Labute approximate surface area is 81.6 Å². The summed E-state index contributed by atoms with van der Waals surface area (Å²) >= 11 is 3.23. The van der Waals surface area contributed by atoms with Crippen LogP contribution in [0.4, 0.5) is 0 Å². The van der Waals surface area contributed by atoms with Crippen LogP contribution in [0.15, 0.2) is 0 Å². The maximum Gasteiger partial charge on any atom is 0.313 e. The predicted octanol–water partition coefficient (Wildman–Crippen LogP) is 1.60. The Morgan fingerprint density at radius 1 is 1.50 bits per heavy atom. The van der Waals surface area contributed by atoms with Crippen molar-refractivity contribution in [3.63, 3.8) is 0 Å². The fraction of sp³-hybridized carbons (Fsp3) is 0.875. The summed E-state index contributed by atoms with van der Waals surface area (Å²) in [5, 5.41) is 0.782.